The van der Waals surface area contributed by atoms with Crippen molar-refractivity contribution >= 4 is 23.7 Å². The van der Waals surface area contributed by atoms with Crippen LogP contribution in [0.4, 0.5) is 10.6 Å². The lowest BCUT2D eigenvalue weighted by atomic mass is 9.93. The molecule has 2 fully saturated rings. The molecule has 1 aliphatic carbocycles. The Labute approximate surface area is 146 Å². The average Bonchev–Trinajstić information content (AvgIpc) is 3.31. The number of hydrogen-bond donors (Lipinski definition) is 2. The quantitative estimate of drug-likeness (QED) is 0.770. The minimum atomic E-state index is -0.886. The molecule has 3 rings (SSSR count). The largest absolute Gasteiger partial charge is 0.325 e. The van der Waals surface area contributed by atoms with Gasteiger partial charge < -0.3 is 10.6 Å². The molecule has 1 saturated carbocycles. The molecule has 2 aliphatic rings. The fraction of sp³-hybridized carbons (Fsp3) is 0.647. The average molecular weight is 347 g/mol. The number of nitrogens with zero attached hydrogens (tertiary/aromatic N) is 3. The number of carbonyl (C=O) groups is 3. The first-order valence-electron chi connectivity index (χ1n) is 8.98. The van der Waals surface area contributed by atoms with Crippen molar-refractivity contribution < 1.29 is 14.4 Å². The first kappa shape index (κ1) is 17.4. The molecular weight excluding hydrogens is 322 g/mol. The number of anilines is 1. The Morgan fingerprint density at radius 1 is 1.32 bits per heavy atom. The molecule has 1 aromatic heterocycles. The zero-order chi connectivity index (χ0) is 18.0. The van der Waals surface area contributed by atoms with E-state index in [1.54, 1.807) is 12.3 Å². The third-order valence-corrected chi connectivity index (χ3v) is 5.36. The van der Waals surface area contributed by atoms with E-state index in [4.69, 9.17) is 0 Å². The molecule has 1 aromatic rings. The van der Waals surface area contributed by atoms with E-state index < -0.39 is 17.5 Å². The van der Waals surface area contributed by atoms with Gasteiger partial charge in [0.15, 0.2) is 0 Å². The van der Waals surface area contributed by atoms with Crippen molar-refractivity contribution in [2.75, 3.05) is 11.9 Å². The summed E-state index contributed by atoms with van der Waals surface area (Å²) >= 11 is 0. The predicted molar refractivity (Wildman–Crippen MR) is 91.9 cm³/mol. The summed E-state index contributed by atoms with van der Waals surface area (Å²) in [5.41, 5.74) is -0.886. The molecule has 8 heteroatoms. The number of imide groups is 1. The summed E-state index contributed by atoms with van der Waals surface area (Å²) in [5.74, 6) is -0.116. The van der Waals surface area contributed by atoms with Crippen LogP contribution < -0.4 is 10.6 Å². The Kier molecular flexibility index (Phi) is 4.78. The highest BCUT2D eigenvalue weighted by Crippen LogP contribution is 2.31. The number of hydrogen-bond acceptors (Lipinski definition) is 4. The molecule has 25 heavy (non-hydrogen) atoms. The summed E-state index contributed by atoms with van der Waals surface area (Å²) in [4.78, 5) is 38.1. The molecule has 0 unspecified atom stereocenters. The van der Waals surface area contributed by atoms with Crippen molar-refractivity contribution in [2.24, 2.45) is 0 Å². The highest BCUT2D eigenvalue weighted by molar-refractivity contribution is 6.10. The van der Waals surface area contributed by atoms with Crippen LogP contribution in [0.15, 0.2) is 12.3 Å². The van der Waals surface area contributed by atoms with Crippen LogP contribution in [-0.2, 0) is 9.59 Å². The van der Waals surface area contributed by atoms with Crippen LogP contribution in [0.25, 0.3) is 0 Å². The maximum absolute atomic E-state index is 12.6. The van der Waals surface area contributed by atoms with E-state index >= 15 is 0 Å². The summed E-state index contributed by atoms with van der Waals surface area (Å²) < 4.78 is 1.83. The Morgan fingerprint density at radius 3 is 2.60 bits per heavy atom. The molecule has 0 spiro atoms. The van der Waals surface area contributed by atoms with Crippen molar-refractivity contribution in [2.45, 2.75) is 64.0 Å². The van der Waals surface area contributed by atoms with Gasteiger partial charge in [-0.05, 0) is 25.7 Å². The fourth-order valence-corrected chi connectivity index (χ4v) is 3.73. The molecule has 2 heterocycles. The van der Waals surface area contributed by atoms with Gasteiger partial charge in [-0.3, -0.25) is 14.5 Å². The third-order valence-electron chi connectivity index (χ3n) is 5.36. The highest BCUT2D eigenvalue weighted by Gasteiger charge is 2.49. The second-order valence-electron chi connectivity index (χ2n) is 6.76. The topological polar surface area (TPSA) is 96.3 Å². The number of rotatable bonds is 6. The van der Waals surface area contributed by atoms with Gasteiger partial charge in [-0.1, -0.05) is 26.7 Å². The van der Waals surface area contributed by atoms with Crippen LogP contribution >= 0.6 is 0 Å². The molecular formula is C17H25N5O3. The van der Waals surface area contributed by atoms with Crippen molar-refractivity contribution in [1.82, 2.24) is 20.0 Å². The number of nitrogens with one attached hydrogen (secondary N) is 2. The molecule has 2 N–H and O–H groups in total. The maximum atomic E-state index is 12.6. The summed E-state index contributed by atoms with van der Waals surface area (Å²) in [7, 11) is 0. The second-order valence-corrected chi connectivity index (χ2v) is 6.76. The van der Waals surface area contributed by atoms with Crippen molar-refractivity contribution in [3.05, 3.63) is 12.3 Å². The van der Waals surface area contributed by atoms with Gasteiger partial charge >= 0.3 is 6.03 Å². The molecule has 0 aromatic carbocycles. The zero-order valence-electron chi connectivity index (χ0n) is 14.7. The lowest BCUT2D eigenvalue weighted by molar-refractivity contribution is -0.134. The lowest BCUT2D eigenvalue weighted by Gasteiger charge is -2.23. The van der Waals surface area contributed by atoms with E-state index in [9.17, 15) is 14.4 Å². The lowest BCUT2D eigenvalue weighted by Crippen LogP contribution is -2.46. The highest BCUT2D eigenvalue weighted by atomic mass is 16.2. The van der Waals surface area contributed by atoms with Gasteiger partial charge in [0.2, 0.25) is 5.91 Å². The van der Waals surface area contributed by atoms with Crippen LogP contribution in [0.3, 0.4) is 0 Å². The van der Waals surface area contributed by atoms with E-state index in [1.165, 1.54) is 0 Å². The fourth-order valence-electron chi connectivity index (χ4n) is 3.73. The molecule has 1 saturated heterocycles. The first-order chi connectivity index (χ1) is 12.0. The summed E-state index contributed by atoms with van der Waals surface area (Å²) in [6.45, 7) is 3.42. The van der Waals surface area contributed by atoms with E-state index in [2.05, 4.69) is 15.7 Å². The maximum Gasteiger partial charge on any atom is 0.325 e. The molecule has 0 bridgehead atoms. The minimum Gasteiger partial charge on any atom is -0.323 e. The van der Waals surface area contributed by atoms with Gasteiger partial charge in [-0.25, -0.2) is 9.48 Å². The van der Waals surface area contributed by atoms with Gasteiger partial charge in [0.25, 0.3) is 5.91 Å². The van der Waals surface area contributed by atoms with E-state index in [0.29, 0.717) is 24.7 Å². The molecule has 8 nitrogen and oxygen atoms in total. The number of amides is 4. The van der Waals surface area contributed by atoms with Gasteiger partial charge in [0.05, 0.1) is 12.2 Å². The van der Waals surface area contributed by atoms with Crippen LogP contribution in [-0.4, -0.2) is 44.6 Å². The van der Waals surface area contributed by atoms with Crippen molar-refractivity contribution in [1.29, 1.82) is 0 Å². The van der Waals surface area contributed by atoms with E-state index in [-0.39, 0.29) is 12.5 Å². The van der Waals surface area contributed by atoms with Gasteiger partial charge in [-0.15, -0.1) is 0 Å². The molecule has 136 valence electrons. The van der Waals surface area contributed by atoms with Crippen LogP contribution in [0.2, 0.25) is 0 Å². The van der Waals surface area contributed by atoms with Gasteiger partial charge in [0.1, 0.15) is 17.9 Å². The summed E-state index contributed by atoms with van der Waals surface area (Å²) in [6.07, 6.45) is 7.08. The SMILES string of the molecule is CCC1(CC)NC(=O)N(CC(=O)Nc2ccnn2C2CCCC2)C1=O. The normalized spacial score (nSPS) is 20.2. The van der Waals surface area contributed by atoms with E-state index in [0.717, 1.165) is 30.6 Å². The number of aromatic nitrogens is 2. The summed E-state index contributed by atoms with van der Waals surface area (Å²) in [6, 6.07) is 1.53. The number of carbonyl (C=O) groups excluding carboxylic acids is 3. The molecule has 4 amide bonds. The first-order valence-corrected chi connectivity index (χ1v) is 8.98. The monoisotopic (exact) mass is 347 g/mol. The van der Waals surface area contributed by atoms with Gasteiger partial charge in [0, 0.05) is 6.07 Å². The smallest absolute Gasteiger partial charge is 0.323 e. The van der Waals surface area contributed by atoms with Gasteiger partial charge in [-0.2, -0.15) is 5.10 Å². The Balaban J connectivity index is 1.66. The third kappa shape index (κ3) is 3.12. The zero-order valence-corrected chi connectivity index (χ0v) is 14.7. The van der Waals surface area contributed by atoms with Crippen LogP contribution in [0, 0.1) is 0 Å². The predicted octanol–water partition coefficient (Wildman–Crippen LogP) is 2.05. The summed E-state index contributed by atoms with van der Waals surface area (Å²) in [5, 5.41) is 9.82. The number of urea groups is 1. The van der Waals surface area contributed by atoms with Crippen LogP contribution in [0.1, 0.15) is 58.4 Å². The second kappa shape index (κ2) is 6.85. The molecule has 1 aliphatic heterocycles. The van der Waals surface area contributed by atoms with E-state index in [1.807, 2.05) is 18.5 Å². The van der Waals surface area contributed by atoms with Crippen LogP contribution in [0.5, 0.6) is 0 Å². The van der Waals surface area contributed by atoms with Crippen molar-refractivity contribution in [3.63, 3.8) is 0 Å². The Hall–Kier alpha value is -2.38. The standard InChI is InChI=1S/C17H25N5O3/c1-3-17(4-2)15(24)21(16(25)20-17)11-14(23)19-13-9-10-18-22(13)12-7-5-6-8-12/h9-10,12H,3-8,11H2,1-2H3,(H,19,23)(H,20,25). The molecule has 0 atom stereocenters. The van der Waals surface area contributed by atoms with Crippen molar-refractivity contribution in [3.8, 4) is 0 Å². The molecule has 0 radical (unpaired) electrons. The Bertz CT molecular complexity index is 674. The Morgan fingerprint density at radius 2 is 2.00 bits per heavy atom. The minimum absolute atomic E-state index is 0.289.